The Morgan fingerprint density at radius 1 is 0.800 bits per heavy atom. The van der Waals surface area contributed by atoms with Gasteiger partial charge in [-0.05, 0) is 54.3 Å². The molecule has 4 heteroatoms. The maximum atomic E-state index is 5.95. The molecule has 0 bridgehead atoms. The molecule has 0 aromatic heterocycles. The van der Waals surface area contributed by atoms with Crippen molar-refractivity contribution in [1.29, 1.82) is 0 Å². The Morgan fingerprint density at radius 2 is 1.35 bits per heavy atom. The number of anilines is 1. The number of ether oxygens (including phenoxy) is 1. The molecule has 0 atom stereocenters. The summed E-state index contributed by atoms with van der Waals surface area (Å²) in [5.74, 6) is 0. The molecule has 0 aliphatic carbocycles. The summed E-state index contributed by atoms with van der Waals surface area (Å²) >= 11 is 11.9. The van der Waals surface area contributed by atoms with Crippen LogP contribution in [0.3, 0.4) is 0 Å². The quantitative estimate of drug-likeness (QED) is 0.635. The van der Waals surface area contributed by atoms with Crippen LogP contribution in [0.25, 0.3) is 0 Å². The molecule has 106 valence electrons. The van der Waals surface area contributed by atoms with E-state index in [4.69, 9.17) is 33.7 Å². The molecule has 20 heavy (non-hydrogen) atoms. The number of nitrogen functional groups attached to an aromatic ring is 1. The van der Waals surface area contributed by atoms with Crippen LogP contribution in [0.15, 0.2) is 42.5 Å². The zero-order chi connectivity index (χ0) is 14.4. The SMILES string of the molecule is Nc1ccc(CCOCCc2cc(Cl)cc(Cl)c2)cc1. The van der Waals surface area contributed by atoms with Crippen molar-refractivity contribution in [3.8, 4) is 0 Å². The molecule has 0 heterocycles. The Labute approximate surface area is 129 Å². The molecule has 0 spiro atoms. The number of halogens is 2. The molecule has 0 amide bonds. The van der Waals surface area contributed by atoms with Gasteiger partial charge in [-0.3, -0.25) is 0 Å². The Hall–Kier alpha value is -1.22. The van der Waals surface area contributed by atoms with Crippen LogP contribution in [0.1, 0.15) is 11.1 Å². The van der Waals surface area contributed by atoms with Gasteiger partial charge in [0.25, 0.3) is 0 Å². The van der Waals surface area contributed by atoms with Crippen LogP contribution in [0.2, 0.25) is 10.0 Å². The minimum absolute atomic E-state index is 0.658. The van der Waals surface area contributed by atoms with E-state index in [0.29, 0.717) is 23.3 Å². The van der Waals surface area contributed by atoms with Crippen LogP contribution in [-0.4, -0.2) is 13.2 Å². The van der Waals surface area contributed by atoms with Crippen molar-refractivity contribution in [2.45, 2.75) is 12.8 Å². The molecule has 0 unspecified atom stereocenters. The summed E-state index contributed by atoms with van der Waals surface area (Å²) in [6.07, 6.45) is 1.69. The van der Waals surface area contributed by atoms with Crippen molar-refractivity contribution in [3.63, 3.8) is 0 Å². The third-order valence-electron chi connectivity index (χ3n) is 2.97. The van der Waals surface area contributed by atoms with E-state index < -0.39 is 0 Å². The third-order valence-corrected chi connectivity index (χ3v) is 3.41. The lowest BCUT2D eigenvalue weighted by atomic mass is 10.1. The number of benzene rings is 2. The zero-order valence-electron chi connectivity index (χ0n) is 11.1. The van der Waals surface area contributed by atoms with E-state index in [0.717, 1.165) is 24.1 Å². The van der Waals surface area contributed by atoms with Gasteiger partial charge in [0.1, 0.15) is 0 Å². The summed E-state index contributed by atoms with van der Waals surface area (Å²) in [5, 5.41) is 1.32. The van der Waals surface area contributed by atoms with Gasteiger partial charge in [-0.1, -0.05) is 35.3 Å². The fourth-order valence-electron chi connectivity index (χ4n) is 1.92. The van der Waals surface area contributed by atoms with Gasteiger partial charge in [0, 0.05) is 15.7 Å². The van der Waals surface area contributed by atoms with Crippen LogP contribution >= 0.6 is 23.2 Å². The van der Waals surface area contributed by atoms with Crippen molar-refractivity contribution in [2.24, 2.45) is 0 Å². The predicted molar refractivity (Wildman–Crippen MR) is 85.5 cm³/mol. The number of hydrogen-bond donors (Lipinski definition) is 1. The molecule has 2 nitrogen and oxygen atoms in total. The molecule has 0 radical (unpaired) electrons. The highest BCUT2D eigenvalue weighted by Gasteiger charge is 1.99. The van der Waals surface area contributed by atoms with Gasteiger partial charge in [-0.15, -0.1) is 0 Å². The third kappa shape index (κ3) is 5.04. The van der Waals surface area contributed by atoms with Crippen molar-refractivity contribution in [3.05, 3.63) is 63.6 Å². The van der Waals surface area contributed by atoms with Crippen molar-refractivity contribution < 1.29 is 4.74 Å². The lowest BCUT2D eigenvalue weighted by Gasteiger charge is -2.06. The van der Waals surface area contributed by atoms with Crippen LogP contribution < -0.4 is 5.73 Å². The van der Waals surface area contributed by atoms with Gasteiger partial charge >= 0.3 is 0 Å². The molecular formula is C16H17Cl2NO. The molecule has 0 saturated carbocycles. The molecular weight excluding hydrogens is 293 g/mol. The highest BCUT2D eigenvalue weighted by molar-refractivity contribution is 6.34. The zero-order valence-corrected chi connectivity index (χ0v) is 12.6. The average molecular weight is 310 g/mol. The summed E-state index contributed by atoms with van der Waals surface area (Å²) in [6, 6.07) is 13.4. The summed E-state index contributed by atoms with van der Waals surface area (Å²) < 4.78 is 5.63. The highest BCUT2D eigenvalue weighted by atomic mass is 35.5. The van der Waals surface area contributed by atoms with Crippen molar-refractivity contribution in [2.75, 3.05) is 18.9 Å². The molecule has 0 aliphatic rings. The number of rotatable bonds is 6. The molecule has 0 fully saturated rings. The van der Waals surface area contributed by atoms with Gasteiger partial charge in [0.2, 0.25) is 0 Å². The second kappa shape index (κ2) is 7.53. The highest BCUT2D eigenvalue weighted by Crippen LogP contribution is 2.19. The van der Waals surface area contributed by atoms with Gasteiger partial charge in [0.15, 0.2) is 0 Å². The van der Waals surface area contributed by atoms with Crippen molar-refractivity contribution in [1.82, 2.24) is 0 Å². The van der Waals surface area contributed by atoms with Gasteiger partial charge in [0.05, 0.1) is 13.2 Å². The topological polar surface area (TPSA) is 35.2 Å². The van der Waals surface area contributed by atoms with Gasteiger partial charge in [-0.25, -0.2) is 0 Å². The summed E-state index contributed by atoms with van der Waals surface area (Å²) in [6.45, 7) is 1.35. The second-order valence-electron chi connectivity index (χ2n) is 4.63. The lowest BCUT2D eigenvalue weighted by Crippen LogP contribution is -2.03. The largest absolute Gasteiger partial charge is 0.399 e. The number of hydrogen-bond acceptors (Lipinski definition) is 2. The van der Waals surface area contributed by atoms with E-state index in [-0.39, 0.29) is 0 Å². The standard InChI is InChI=1S/C16H17Cl2NO/c17-14-9-13(10-15(18)11-14)6-8-20-7-5-12-1-3-16(19)4-2-12/h1-4,9-11H,5-8,19H2. The van der Waals surface area contributed by atoms with Crippen LogP contribution in [0.5, 0.6) is 0 Å². The monoisotopic (exact) mass is 309 g/mol. The fourth-order valence-corrected chi connectivity index (χ4v) is 2.49. The Balaban J connectivity index is 1.70. The average Bonchev–Trinajstić information content (AvgIpc) is 2.39. The summed E-state index contributed by atoms with van der Waals surface area (Å²) in [4.78, 5) is 0. The van der Waals surface area contributed by atoms with E-state index in [2.05, 4.69) is 0 Å². The Bertz CT molecular complexity index is 535. The summed E-state index contributed by atoms with van der Waals surface area (Å²) in [5.41, 5.74) is 8.74. The molecule has 0 aliphatic heterocycles. The van der Waals surface area contributed by atoms with E-state index >= 15 is 0 Å². The number of nitrogens with two attached hydrogens (primary N) is 1. The maximum Gasteiger partial charge on any atom is 0.0506 e. The minimum atomic E-state index is 0.658. The van der Waals surface area contributed by atoms with E-state index in [1.807, 2.05) is 36.4 Å². The first-order valence-corrected chi connectivity index (χ1v) is 7.26. The Morgan fingerprint density at radius 3 is 1.95 bits per heavy atom. The predicted octanol–water partition coefficient (Wildman–Crippen LogP) is 4.38. The van der Waals surface area contributed by atoms with E-state index in [9.17, 15) is 0 Å². The van der Waals surface area contributed by atoms with Crippen molar-refractivity contribution >= 4 is 28.9 Å². The minimum Gasteiger partial charge on any atom is -0.399 e. The first kappa shape index (κ1) is 15.2. The van der Waals surface area contributed by atoms with Crippen LogP contribution in [0, 0.1) is 0 Å². The molecule has 2 aromatic rings. The lowest BCUT2D eigenvalue weighted by molar-refractivity contribution is 0.140. The molecule has 2 rings (SSSR count). The van der Waals surface area contributed by atoms with E-state index in [1.54, 1.807) is 6.07 Å². The Kier molecular flexibility index (Phi) is 5.72. The molecule has 0 saturated heterocycles. The van der Waals surface area contributed by atoms with Crippen LogP contribution in [-0.2, 0) is 17.6 Å². The summed E-state index contributed by atoms with van der Waals surface area (Å²) in [7, 11) is 0. The molecule has 2 N–H and O–H groups in total. The van der Waals surface area contributed by atoms with Gasteiger partial charge < -0.3 is 10.5 Å². The van der Waals surface area contributed by atoms with Crippen LogP contribution in [0.4, 0.5) is 5.69 Å². The second-order valence-corrected chi connectivity index (χ2v) is 5.50. The normalized spacial score (nSPS) is 10.7. The first-order valence-electron chi connectivity index (χ1n) is 6.50. The van der Waals surface area contributed by atoms with Gasteiger partial charge in [-0.2, -0.15) is 0 Å². The van der Waals surface area contributed by atoms with E-state index in [1.165, 1.54) is 5.56 Å². The fraction of sp³-hybridized carbons (Fsp3) is 0.250. The first-order chi connectivity index (χ1) is 9.63. The smallest absolute Gasteiger partial charge is 0.0506 e. The molecule has 2 aromatic carbocycles. The maximum absolute atomic E-state index is 5.95.